The van der Waals surface area contributed by atoms with Crippen LogP contribution in [0.4, 0.5) is 13.9 Å². The number of alkyl halides is 2. The monoisotopic (exact) mass is 300 g/mol. The van der Waals surface area contributed by atoms with E-state index in [1.807, 2.05) is 0 Å². The zero-order valence-corrected chi connectivity index (χ0v) is 10.9. The minimum absolute atomic E-state index is 0.0332. The Hall–Kier alpha value is -1.94. The molecule has 7 nitrogen and oxygen atoms in total. The van der Waals surface area contributed by atoms with E-state index in [1.54, 1.807) is 0 Å². The van der Waals surface area contributed by atoms with Gasteiger partial charge in [0.15, 0.2) is 10.7 Å². The summed E-state index contributed by atoms with van der Waals surface area (Å²) in [4.78, 5) is 12.1. The lowest BCUT2D eigenvalue weighted by Gasteiger charge is -2.12. The maximum Gasteiger partial charge on any atom is 0.291 e. The number of carbonyl (C=O) groups is 1. The van der Waals surface area contributed by atoms with Crippen LogP contribution in [0.3, 0.4) is 0 Å². The molecule has 20 heavy (non-hydrogen) atoms. The molecule has 0 spiro atoms. The zero-order valence-electron chi connectivity index (χ0n) is 10.1. The first-order valence-electron chi connectivity index (χ1n) is 5.85. The van der Waals surface area contributed by atoms with Crippen LogP contribution >= 0.6 is 11.3 Å². The lowest BCUT2D eigenvalue weighted by molar-refractivity contribution is 0.102. The third-order valence-corrected chi connectivity index (χ3v) is 3.72. The van der Waals surface area contributed by atoms with Gasteiger partial charge in [-0.1, -0.05) is 11.3 Å². The predicted octanol–water partition coefficient (Wildman–Crippen LogP) is 1.10. The Morgan fingerprint density at radius 3 is 3.00 bits per heavy atom. The molecule has 0 bridgehead atoms. The molecule has 0 saturated carbocycles. The van der Waals surface area contributed by atoms with Gasteiger partial charge in [-0.2, -0.15) is 5.10 Å². The Labute approximate surface area is 115 Å². The molecule has 0 saturated heterocycles. The fraction of sp³-hybridized carbons (Fsp3) is 0.400. The number of fused-ring (bicyclic) bond motifs is 1. The summed E-state index contributed by atoms with van der Waals surface area (Å²) >= 11 is 0.646. The number of carbonyl (C=O) groups excluding carboxylic acids is 1. The number of hydrogen-bond acceptors (Lipinski definition) is 6. The standard InChI is InChI=1S/C10H10F2N6OS/c11-7(12)9-17-18-10(20-9)14-8(19)6-4-3-13-2-1-5(4)15-16-6/h7,13H,1-3H2,(H,15,16)(H,14,18,19). The molecule has 0 aliphatic carbocycles. The second kappa shape index (κ2) is 5.21. The van der Waals surface area contributed by atoms with Crippen molar-refractivity contribution in [1.82, 2.24) is 25.7 Å². The van der Waals surface area contributed by atoms with Gasteiger partial charge in [0.2, 0.25) is 5.13 Å². The second-order valence-corrected chi connectivity index (χ2v) is 5.17. The lowest BCUT2D eigenvalue weighted by Crippen LogP contribution is -2.25. The van der Waals surface area contributed by atoms with Gasteiger partial charge >= 0.3 is 0 Å². The fourth-order valence-corrected chi connectivity index (χ4v) is 2.54. The van der Waals surface area contributed by atoms with Crippen molar-refractivity contribution in [2.75, 3.05) is 11.9 Å². The maximum absolute atomic E-state index is 12.4. The number of aromatic nitrogens is 4. The molecule has 3 N–H and O–H groups in total. The smallest absolute Gasteiger partial charge is 0.291 e. The van der Waals surface area contributed by atoms with Crippen molar-refractivity contribution >= 4 is 22.4 Å². The topological polar surface area (TPSA) is 95.6 Å². The van der Waals surface area contributed by atoms with Crippen LogP contribution in [0, 0.1) is 0 Å². The number of amides is 1. The second-order valence-electron chi connectivity index (χ2n) is 4.16. The van der Waals surface area contributed by atoms with E-state index in [2.05, 4.69) is 31.0 Å². The van der Waals surface area contributed by atoms with E-state index in [1.165, 1.54) is 0 Å². The Bertz CT molecular complexity index is 639. The molecule has 1 aliphatic rings. The summed E-state index contributed by atoms with van der Waals surface area (Å²) in [7, 11) is 0. The molecule has 3 heterocycles. The van der Waals surface area contributed by atoms with E-state index < -0.39 is 17.3 Å². The third kappa shape index (κ3) is 2.39. The Morgan fingerprint density at radius 1 is 1.40 bits per heavy atom. The highest BCUT2D eigenvalue weighted by molar-refractivity contribution is 7.15. The molecule has 1 aliphatic heterocycles. The Kier molecular flexibility index (Phi) is 3.40. The van der Waals surface area contributed by atoms with Crippen LogP contribution in [0.2, 0.25) is 0 Å². The molecule has 0 unspecified atom stereocenters. The molecule has 10 heteroatoms. The highest BCUT2D eigenvalue weighted by Gasteiger charge is 2.23. The van der Waals surface area contributed by atoms with Gasteiger partial charge in [0, 0.05) is 30.8 Å². The van der Waals surface area contributed by atoms with E-state index in [0.29, 0.717) is 17.9 Å². The summed E-state index contributed by atoms with van der Waals surface area (Å²) < 4.78 is 24.8. The fourth-order valence-electron chi connectivity index (χ4n) is 1.94. The van der Waals surface area contributed by atoms with Gasteiger partial charge in [-0.3, -0.25) is 15.2 Å². The van der Waals surface area contributed by atoms with Crippen LogP contribution in [-0.4, -0.2) is 32.8 Å². The lowest BCUT2D eigenvalue weighted by atomic mass is 10.1. The number of nitrogens with one attached hydrogen (secondary N) is 3. The van der Waals surface area contributed by atoms with Crippen molar-refractivity contribution in [1.29, 1.82) is 0 Å². The van der Waals surface area contributed by atoms with Crippen LogP contribution in [0.5, 0.6) is 0 Å². The molecule has 0 aromatic carbocycles. The van der Waals surface area contributed by atoms with Gasteiger partial charge in [-0.25, -0.2) is 8.78 Å². The van der Waals surface area contributed by atoms with Gasteiger partial charge in [-0.05, 0) is 0 Å². The molecule has 0 atom stereocenters. The summed E-state index contributed by atoms with van der Waals surface area (Å²) in [6, 6.07) is 0. The Morgan fingerprint density at radius 2 is 2.25 bits per heavy atom. The molecule has 106 valence electrons. The van der Waals surface area contributed by atoms with Gasteiger partial charge in [0.1, 0.15) is 0 Å². The number of rotatable bonds is 3. The predicted molar refractivity (Wildman–Crippen MR) is 66.8 cm³/mol. The van der Waals surface area contributed by atoms with Crippen LogP contribution in [0.1, 0.15) is 33.2 Å². The molecule has 2 aromatic rings. The van der Waals surface area contributed by atoms with E-state index in [-0.39, 0.29) is 10.8 Å². The van der Waals surface area contributed by atoms with E-state index in [4.69, 9.17) is 0 Å². The van der Waals surface area contributed by atoms with Crippen LogP contribution < -0.4 is 10.6 Å². The number of hydrogen-bond donors (Lipinski definition) is 3. The number of nitrogens with zero attached hydrogens (tertiary/aromatic N) is 3. The number of halogens is 2. The van der Waals surface area contributed by atoms with Crippen molar-refractivity contribution in [3.63, 3.8) is 0 Å². The average Bonchev–Trinajstić information content (AvgIpc) is 3.04. The van der Waals surface area contributed by atoms with Crippen molar-refractivity contribution in [3.8, 4) is 0 Å². The van der Waals surface area contributed by atoms with Crippen LogP contribution in [-0.2, 0) is 13.0 Å². The summed E-state index contributed by atoms with van der Waals surface area (Å²) in [5.74, 6) is -0.483. The Balaban J connectivity index is 1.77. The highest BCUT2D eigenvalue weighted by Crippen LogP contribution is 2.25. The quantitative estimate of drug-likeness (QED) is 0.789. The summed E-state index contributed by atoms with van der Waals surface area (Å²) in [6.07, 6.45) is -1.93. The van der Waals surface area contributed by atoms with Crippen molar-refractivity contribution in [3.05, 3.63) is 22.0 Å². The SMILES string of the molecule is O=C(Nc1nnc(C(F)F)s1)c1n[nH]c2c1CNCC2. The largest absolute Gasteiger partial charge is 0.312 e. The zero-order chi connectivity index (χ0) is 14.1. The third-order valence-electron chi connectivity index (χ3n) is 2.87. The van der Waals surface area contributed by atoms with Crippen molar-refractivity contribution < 1.29 is 13.6 Å². The summed E-state index contributed by atoms with van der Waals surface area (Å²) in [5, 5.41) is 18.8. The number of aromatic amines is 1. The highest BCUT2D eigenvalue weighted by atomic mass is 32.1. The van der Waals surface area contributed by atoms with Crippen LogP contribution in [0.15, 0.2) is 0 Å². The normalized spacial score (nSPS) is 14.3. The number of H-pyrrole nitrogens is 1. The van der Waals surface area contributed by atoms with Gasteiger partial charge < -0.3 is 5.32 Å². The molecule has 3 rings (SSSR count). The minimum Gasteiger partial charge on any atom is -0.312 e. The van der Waals surface area contributed by atoms with Crippen molar-refractivity contribution in [2.24, 2.45) is 0 Å². The summed E-state index contributed by atoms with van der Waals surface area (Å²) in [6.45, 7) is 1.37. The average molecular weight is 300 g/mol. The maximum atomic E-state index is 12.4. The van der Waals surface area contributed by atoms with Gasteiger partial charge in [0.25, 0.3) is 12.3 Å². The van der Waals surface area contributed by atoms with E-state index in [9.17, 15) is 13.6 Å². The van der Waals surface area contributed by atoms with Gasteiger partial charge in [-0.15, -0.1) is 10.2 Å². The molecule has 2 aromatic heterocycles. The summed E-state index contributed by atoms with van der Waals surface area (Å²) in [5.41, 5.74) is 1.97. The number of anilines is 1. The van der Waals surface area contributed by atoms with Crippen LogP contribution in [0.25, 0.3) is 0 Å². The molecule has 0 radical (unpaired) electrons. The first-order chi connectivity index (χ1) is 9.65. The van der Waals surface area contributed by atoms with Gasteiger partial charge in [0.05, 0.1) is 0 Å². The first kappa shape index (κ1) is 13.1. The van der Waals surface area contributed by atoms with E-state index in [0.717, 1.165) is 24.2 Å². The molecular weight excluding hydrogens is 290 g/mol. The van der Waals surface area contributed by atoms with Crippen molar-refractivity contribution in [2.45, 2.75) is 19.4 Å². The molecule has 0 fully saturated rings. The minimum atomic E-state index is -2.69. The molecular formula is C10H10F2N6OS. The molecule has 1 amide bonds. The van der Waals surface area contributed by atoms with E-state index >= 15 is 0 Å². The first-order valence-corrected chi connectivity index (χ1v) is 6.66.